The number of non-ortho nitro benzene ring substituents is 1. The van der Waals surface area contributed by atoms with Gasteiger partial charge in [-0.15, -0.1) is 0 Å². The quantitative estimate of drug-likeness (QED) is 0.583. The molecule has 1 aromatic rings. The molecule has 0 saturated carbocycles. The molecule has 0 fully saturated rings. The second-order valence-electron chi connectivity index (χ2n) is 5.14. The summed E-state index contributed by atoms with van der Waals surface area (Å²) in [6.45, 7) is 6.41. The van der Waals surface area contributed by atoms with Crippen LogP contribution in [0.3, 0.4) is 0 Å². The van der Waals surface area contributed by atoms with E-state index in [4.69, 9.17) is 0 Å². The number of hydrogen-bond acceptors (Lipinski definition) is 3. The molecule has 1 aromatic carbocycles. The Kier molecular flexibility index (Phi) is 2.37. The van der Waals surface area contributed by atoms with Crippen LogP contribution in [-0.2, 0) is 0 Å². The highest BCUT2D eigenvalue weighted by Crippen LogP contribution is 2.39. The van der Waals surface area contributed by atoms with Gasteiger partial charge in [0.25, 0.3) is 5.69 Å². The van der Waals surface area contributed by atoms with Gasteiger partial charge in [-0.3, -0.25) is 10.1 Å². The number of anilines is 1. The minimum Gasteiger partial charge on any atom is -0.380 e. The predicted molar refractivity (Wildman–Crippen MR) is 63.8 cm³/mol. The molecular formula is C12H16N2O2. The fourth-order valence-corrected chi connectivity index (χ4v) is 2.48. The molecule has 0 aliphatic carbocycles. The molecule has 1 aliphatic rings. The van der Waals surface area contributed by atoms with Crippen LogP contribution in [0.4, 0.5) is 11.4 Å². The van der Waals surface area contributed by atoms with E-state index in [1.54, 1.807) is 12.1 Å². The van der Waals surface area contributed by atoms with E-state index >= 15 is 0 Å². The largest absolute Gasteiger partial charge is 0.380 e. The van der Waals surface area contributed by atoms with Crippen molar-refractivity contribution >= 4 is 11.4 Å². The molecular weight excluding hydrogens is 204 g/mol. The average Bonchev–Trinajstić information content (AvgIpc) is 2.15. The van der Waals surface area contributed by atoms with Crippen molar-refractivity contribution in [2.45, 2.75) is 38.6 Å². The molecule has 0 radical (unpaired) electrons. The lowest BCUT2D eigenvalue weighted by Gasteiger charge is -2.37. The summed E-state index contributed by atoms with van der Waals surface area (Å²) in [6.07, 6.45) is 0.987. The first-order valence-corrected chi connectivity index (χ1v) is 5.45. The van der Waals surface area contributed by atoms with Crippen LogP contribution in [-0.4, -0.2) is 10.5 Å². The first-order chi connectivity index (χ1) is 7.39. The fraction of sp³-hybridized carbons (Fsp3) is 0.500. The molecule has 4 heteroatoms. The van der Waals surface area contributed by atoms with Gasteiger partial charge >= 0.3 is 0 Å². The second-order valence-corrected chi connectivity index (χ2v) is 5.14. The van der Waals surface area contributed by atoms with Gasteiger partial charge in [-0.05, 0) is 37.8 Å². The van der Waals surface area contributed by atoms with E-state index in [1.165, 1.54) is 0 Å². The lowest BCUT2D eigenvalue weighted by molar-refractivity contribution is -0.384. The molecule has 0 bridgehead atoms. The summed E-state index contributed by atoms with van der Waals surface area (Å²) in [5, 5.41) is 14.1. The third-order valence-electron chi connectivity index (χ3n) is 3.07. The first-order valence-electron chi connectivity index (χ1n) is 5.45. The van der Waals surface area contributed by atoms with Crippen molar-refractivity contribution in [1.82, 2.24) is 0 Å². The first kappa shape index (κ1) is 10.9. The summed E-state index contributed by atoms with van der Waals surface area (Å²) in [6, 6.07) is 5.05. The highest BCUT2D eigenvalue weighted by Gasteiger charge is 2.30. The zero-order valence-electron chi connectivity index (χ0n) is 9.78. The van der Waals surface area contributed by atoms with E-state index in [2.05, 4.69) is 26.1 Å². The third-order valence-corrected chi connectivity index (χ3v) is 3.07. The normalized spacial score (nSPS) is 22.1. The molecule has 86 valence electrons. The Morgan fingerprint density at radius 3 is 2.81 bits per heavy atom. The molecule has 1 aliphatic heterocycles. The lowest BCUT2D eigenvalue weighted by atomic mass is 9.82. The van der Waals surface area contributed by atoms with Crippen molar-refractivity contribution < 1.29 is 4.92 Å². The van der Waals surface area contributed by atoms with E-state index in [0.29, 0.717) is 5.92 Å². The molecule has 4 nitrogen and oxygen atoms in total. The van der Waals surface area contributed by atoms with E-state index < -0.39 is 0 Å². The molecule has 16 heavy (non-hydrogen) atoms. The Bertz CT molecular complexity index is 441. The molecule has 0 amide bonds. The van der Waals surface area contributed by atoms with Gasteiger partial charge in [0.1, 0.15) is 0 Å². The van der Waals surface area contributed by atoms with Gasteiger partial charge < -0.3 is 5.32 Å². The fourth-order valence-electron chi connectivity index (χ4n) is 2.48. The Morgan fingerprint density at radius 2 is 2.19 bits per heavy atom. The summed E-state index contributed by atoms with van der Waals surface area (Å²) in [5.41, 5.74) is 2.30. The predicted octanol–water partition coefficient (Wildman–Crippen LogP) is 3.29. The summed E-state index contributed by atoms with van der Waals surface area (Å²) in [5.74, 6) is 0.353. The highest BCUT2D eigenvalue weighted by atomic mass is 16.6. The number of hydrogen-bond donors (Lipinski definition) is 1. The van der Waals surface area contributed by atoms with E-state index in [9.17, 15) is 10.1 Å². The van der Waals surface area contributed by atoms with Gasteiger partial charge in [0.15, 0.2) is 0 Å². The van der Waals surface area contributed by atoms with Crippen molar-refractivity contribution in [1.29, 1.82) is 0 Å². The minimum atomic E-state index is -0.341. The van der Waals surface area contributed by atoms with Crippen LogP contribution >= 0.6 is 0 Å². The van der Waals surface area contributed by atoms with Crippen LogP contribution in [0, 0.1) is 10.1 Å². The van der Waals surface area contributed by atoms with Crippen molar-refractivity contribution in [3.8, 4) is 0 Å². The van der Waals surface area contributed by atoms with Gasteiger partial charge in [0, 0.05) is 23.4 Å². The van der Waals surface area contributed by atoms with E-state index in [0.717, 1.165) is 17.7 Å². The van der Waals surface area contributed by atoms with Gasteiger partial charge in [-0.2, -0.15) is 0 Å². The Morgan fingerprint density at radius 1 is 1.50 bits per heavy atom. The summed E-state index contributed by atoms with van der Waals surface area (Å²) in [4.78, 5) is 10.4. The van der Waals surface area contributed by atoms with Crippen LogP contribution in [0.25, 0.3) is 0 Å². The van der Waals surface area contributed by atoms with Crippen molar-refractivity contribution in [2.75, 3.05) is 5.32 Å². The summed E-state index contributed by atoms with van der Waals surface area (Å²) >= 11 is 0. The maximum atomic E-state index is 10.7. The zero-order chi connectivity index (χ0) is 11.9. The Labute approximate surface area is 94.8 Å². The number of benzene rings is 1. The minimum absolute atomic E-state index is 0.0581. The van der Waals surface area contributed by atoms with E-state index in [1.807, 2.05) is 6.07 Å². The monoisotopic (exact) mass is 220 g/mol. The SMILES string of the molecule is CC1CC(C)(C)Nc2ccc([N+](=O)[O-])cc21. The summed E-state index contributed by atoms with van der Waals surface area (Å²) < 4.78 is 0. The Hall–Kier alpha value is -1.58. The zero-order valence-corrected chi connectivity index (χ0v) is 9.78. The highest BCUT2D eigenvalue weighted by molar-refractivity contribution is 5.60. The number of nitrogens with zero attached hydrogens (tertiary/aromatic N) is 1. The van der Waals surface area contributed by atoms with Crippen molar-refractivity contribution in [3.05, 3.63) is 33.9 Å². The number of rotatable bonds is 1. The number of nitro benzene ring substituents is 1. The molecule has 1 N–H and O–H groups in total. The standard InChI is InChI=1S/C12H16N2O2/c1-8-7-12(2,3)13-11-5-4-9(14(15)16)6-10(8)11/h4-6,8,13H,7H2,1-3H3. The van der Waals surface area contributed by atoms with Crippen LogP contribution in [0.5, 0.6) is 0 Å². The van der Waals surface area contributed by atoms with Crippen LogP contribution in [0.2, 0.25) is 0 Å². The molecule has 1 unspecified atom stereocenters. The number of nitro groups is 1. The maximum absolute atomic E-state index is 10.7. The molecule has 1 heterocycles. The smallest absolute Gasteiger partial charge is 0.269 e. The molecule has 0 aromatic heterocycles. The van der Waals surface area contributed by atoms with Gasteiger partial charge in [0.2, 0.25) is 0 Å². The van der Waals surface area contributed by atoms with Crippen LogP contribution < -0.4 is 5.32 Å². The number of fused-ring (bicyclic) bond motifs is 1. The average molecular weight is 220 g/mol. The van der Waals surface area contributed by atoms with Crippen LogP contribution in [0.1, 0.15) is 38.7 Å². The van der Waals surface area contributed by atoms with Crippen molar-refractivity contribution in [2.24, 2.45) is 0 Å². The van der Waals surface area contributed by atoms with Gasteiger partial charge in [0.05, 0.1) is 4.92 Å². The maximum Gasteiger partial charge on any atom is 0.269 e. The van der Waals surface area contributed by atoms with Crippen molar-refractivity contribution in [3.63, 3.8) is 0 Å². The molecule has 2 rings (SSSR count). The van der Waals surface area contributed by atoms with Crippen LogP contribution in [0.15, 0.2) is 18.2 Å². The molecule has 0 spiro atoms. The number of nitrogens with one attached hydrogen (secondary N) is 1. The topological polar surface area (TPSA) is 55.2 Å². The van der Waals surface area contributed by atoms with Gasteiger partial charge in [-0.25, -0.2) is 0 Å². The molecule has 0 saturated heterocycles. The van der Waals surface area contributed by atoms with E-state index in [-0.39, 0.29) is 16.1 Å². The Balaban J connectivity index is 2.45. The molecule has 1 atom stereocenters. The summed E-state index contributed by atoms with van der Waals surface area (Å²) in [7, 11) is 0. The second kappa shape index (κ2) is 3.47. The van der Waals surface area contributed by atoms with Gasteiger partial charge in [-0.1, -0.05) is 6.92 Å². The third kappa shape index (κ3) is 1.87. The lowest BCUT2D eigenvalue weighted by Crippen LogP contribution is -2.36.